The van der Waals surface area contributed by atoms with Crippen molar-refractivity contribution in [2.24, 2.45) is 11.8 Å². The van der Waals surface area contributed by atoms with Crippen molar-refractivity contribution in [3.05, 3.63) is 24.3 Å². The first-order valence-corrected chi connectivity index (χ1v) is 8.17. The second-order valence-corrected chi connectivity index (χ2v) is 6.38. The first-order chi connectivity index (χ1) is 10.2. The maximum Gasteiger partial charge on any atom is 0.121 e. The van der Waals surface area contributed by atoms with E-state index in [1.165, 1.54) is 31.4 Å². The summed E-state index contributed by atoms with van der Waals surface area (Å²) in [5.74, 6) is 2.56. The van der Waals surface area contributed by atoms with E-state index in [1.54, 1.807) is 7.11 Å². The summed E-state index contributed by atoms with van der Waals surface area (Å²) in [4.78, 5) is 0. The third kappa shape index (κ3) is 5.24. The molecule has 3 heteroatoms. The highest BCUT2D eigenvalue weighted by atomic mass is 16.5. The summed E-state index contributed by atoms with van der Waals surface area (Å²) >= 11 is 0. The van der Waals surface area contributed by atoms with Gasteiger partial charge < -0.3 is 14.8 Å². The van der Waals surface area contributed by atoms with Crippen LogP contribution in [0.4, 0.5) is 5.69 Å². The van der Waals surface area contributed by atoms with Crippen LogP contribution in [0.1, 0.15) is 39.5 Å². The summed E-state index contributed by atoms with van der Waals surface area (Å²) in [5.41, 5.74) is 1.17. The standard InChI is InChI=1S/C18H29NO2/c1-14(2)15-6-4-7-16(12-15)19-17-8-5-9-18(13-17)21-11-10-20-3/h5,8-9,13-16,19H,4,6-7,10-12H2,1-3H3. The van der Waals surface area contributed by atoms with Gasteiger partial charge in [0.2, 0.25) is 0 Å². The number of ether oxygens (including phenoxy) is 2. The van der Waals surface area contributed by atoms with Crippen LogP contribution in [0.3, 0.4) is 0 Å². The maximum absolute atomic E-state index is 5.67. The minimum absolute atomic E-state index is 0.596. The van der Waals surface area contributed by atoms with E-state index in [-0.39, 0.29) is 0 Å². The van der Waals surface area contributed by atoms with Crippen LogP contribution >= 0.6 is 0 Å². The Morgan fingerprint density at radius 3 is 2.86 bits per heavy atom. The predicted molar refractivity (Wildman–Crippen MR) is 88.0 cm³/mol. The van der Waals surface area contributed by atoms with Gasteiger partial charge in [0.15, 0.2) is 0 Å². The molecule has 0 aromatic heterocycles. The molecule has 1 aromatic rings. The summed E-state index contributed by atoms with van der Waals surface area (Å²) < 4.78 is 10.7. The molecule has 2 rings (SSSR count). The molecule has 2 atom stereocenters. The quantitative estimate of drug-likeness (QED) is 0.758. The normalized spacial score (nSPS) is 22.3. The van der Waals surface area contributed by atoms with E-state index in [4.69, 9.17) is 9.47 Å². The van der Waals surface area contributed by atoms with Crippen molar-refractivity contribution >= 4 is 5.69 Å². The fourth-order valence-corrected chi connectivity index (χ4v) is 3.12. The Kier molecular flexibility index (Phi) is 6.37. The molecule has 0 aliphatic heterocycles. The number of hydrogen-bond donors (Lipinski definition) is 1. The average Bonchev–Trinajstić information content (AvgIpc) is 2.48. The van der Waals surface area contributed by atoms with Gasteiger partial charge in [-0.1, -0.05) is 32.8 Å². The summed E-state index contributed by atoms with van der Waals surface area (Å²) in [6.45, 7) is 5.91. The Morgan fingerprint density at radius 2 is 2.10 bits per heavy atom. The van der Waals surface area contributed by atoms with Crippen LogP contribution < -0.4 is 10.1 Å². The number of methoxy groups -OCH3 is 1. The zero-order valence-corrected chi connectivity index (χ0v) is 13.6. The highest BCUT2D eigenvalue weighted by Gasteiger charge is 2.23. The van der Waals surface area contributed by atoms with Gasteiger partial charge >= 0.3 is 0 Å². The number of rotatable bonds is 7. The lowest BCUT2D eigenvalue weighted by atomic mass is 9.79. The molecule has 1 aromatic carbocycles. The summed E-state index contributed by atoms with van der Waals surface area (Å²) in [5, 5.41) is 3.69. The summed E-state index contributed by atoms with van der Waals surface area (Å²) in [7, 11) is 1.69. The zero-order chi connectivity index (χ0) is 15.1. The van der Waals surface area contributed by atoms with Gasteiger partial charge in [-0.05, 0) is 36.8 Å². The molecule has 0 spiro atoms. The minimum Gasteiger partial charge on any atom is -0.491 e. The first-order valence-electron chi connectivity index (χ1n) is 8.17. The van der Waals surface area contributed by atoms with Gasteiger partial charge in [0.1, 0.15) is 12.4 Å². The second-order valence-electron chi connectivity index (χ2n) is 6.38. The molecule has 1 fully saturated rings. The minimum atomic E-state index is 0.596. The van der Waals surface area contributed by atoms with Gasteiger partial charge in [-0.3, -0.25) is 0 Å². The topological polar surface area (TPSA) is 30.5 Å². The first kappa shape index (κ1) is 16.2. The summed E-state index contributed by atoms with van der Waals surface area (Å²) in [6, 6.07) is 8.86. The molecule has 21 heavy (non-hydrogen) atoms. The largest absolute Gasteiger partial charge is 0.491 e. The lowest BCUT2D eigenvalue weighted by molar-refractivity contribution is 0.146. The third-order valence-corrected chi connectivity index (χ3v) is 4.42. The fraction of sp³-hybridized carbons (Fsp3) is 0.667. The molecule has 0 heterocycles. The van der Waals surface area contributed by atoms with Crippen LogP contribution in [0.25, 0.3) is 0 Å². The van der Waals surface area contributed by atoms with Crippen molar-refractivity contribution in [3.63, 3.8) is 0 Å². The zero-order valence-electron chi connectivity index (χ0n) is 13.6. The number of anilines is 1. The Bertz CT molecular complexity index is 419. The van der Waals surface area contributed by atoms with Crippen molar-refractivity contribution in [3.8, 4) is 5.75 Å². The van der Waals surface area contributed by atoms with Crippen LogP contribution in [-0.4, -0.2) is 26.4 Å². The summed E-state index contributed by atoms with van der Waals surface area (Å²) in [6.07, 6.45) is 5.28. The molecule has 0 radical (unpaired) electrons. The van der Waals surface area contributed by atoms with Gasteiger partial charge in [0, 0.05) is 24.9 Å². The number of nitrogens with one attached hydrogen (secondary N) is 1. The SMILES string of the molecule is COCCOc1cccc(NC2CCCC(C(C)C)C2)c1. The van der Waals surface area contributed by atoms with Crippen molar-refractivity contribution in [2.45, 2.75) is 45.6 Å². The lowest BCUT2D eigenvalue weighted by Gasteiger charge is -2.32. The van der Waals surface area contributed by atoms with Crippen LogP contribution in [0.2, 0.25) is 0 Å². The van der Waals surface area contributed by atoms with Gasteiger partial charge in [0.05, 0.1) is 6.61 Å². The Balaban J connectivity index is 1.88. The predicted octanol–water partition coefficient (Wildman–Crippen LogP) is 4.34. The Labute approximate surface area is 129 Å². The Morgan fingerprint density at radius 1 is 1.24 bits per heavy atom. The fourth-order valence-electron chi connectivity index (χ4n) is 3.12. The van der Waals surface area contributed by atoms with E-state index in [1.807, 2.05) is 12.1 Å². The van der Waals surface area contributed by atoms with Gasteiger partial charge in [-0.25, -0.2) is 0 Å². The van der Waals surface area contributed by atoms with E-state index in [2.05, 4.69) is 31.3 Å². The molecule has 0 saturated heterocycles. The highest BCUT2D eigenvalue weighted by Crippen LogP contribution is 2.32. The van der Waals surface area contributed by atoms with E-state index < -0.39 is 0 Å². The second kappa shape index (κ2) is 8.28. The van der Waals surface area contributed by atoms with E-state index in [0.29, 0.717) is 19.3 Å². The molecular weight excluding hydrogens is 262 g/mol. The van der Waals surface area contributed by atoms with Crippen molar-refractivity contribution in [1.82, 2.24) is 0 Å². The van der Waals surface area contributed by atoms with Gasteiger partial charge in [-0.2, -0.15) is 0 Å². The molecule has 0 amide bonds. The number of hydrogen-bond acceptors (Lipinski definition) is 3. The van der Waals surface area contributed by atoms with E-state index in [9.17, 15) is 0 Å². The van der Waals surface area contributed by atoms with Crippen molar-refractivity contribution in [1.29, 1.82) is 0 Å². The van der Waals surface area contributed by atoms with Crippen LogP contribution in [-0.2, 0) is 4.74 Å². The van der Waals surface area contributed by atoms with Crippen molar-refractivity contribution in [2.75, 3.05) is 25.6 Å². The van der Waals surface area contributed by atoms with Crippen LogP contribution in [0.15, 0.2) is 24.3 Å². The molecule has 118 valence electrons. The van der Waals surface area contributed by atoms with Gasteiger partial charge in [0.25, 0.3) is 0 Å². The molecular formula is C18H29NO2. The van der Waals surface area contributed by atoms with Crippen LogP contribution in [0.5, 0.6) is 5.75 Å². The van der Waals surface area contributed by atoms with Crippen LogP contribution in [0, 0.1) is 11.8 Å². The molecule has 1 aliphatic rings. The molecule has 1 aliphatic carbocycles. The smallest absolute Gasteiger partial charge is 0.121 e. The molecule has 1 N–H and O–H groups in total. The Hall–Kier alpha value is -1.22. The lowest BCUT2D eigenvalue weighted by Crippen LogP contribution is -2.29. The molecule has 2 unspecified atom stereocenters. The van der Waals surface area contributed by atoms with E-state index in [0.717, 1.165) is 17.6 Å². The third-order valence-electron chi connectivity index (χ3n) is 4.42. The molecule has 1 saturated carbocycles. The number of benzene rings is 1. The molecule has 3 nitrogen and oxygen atoms in total. The average molecular weight is 291 g/mol. The monoisotopic (exact) mass is 291 g/mol. The van der Waals surface area contributed by atoms with Crippen molar-refractivity contribution < 1.29 is 9.47 Å². The molecule has 0 bridgehead atoms. The van der Waals surface area contributed by atoms with Gasteiger partial charge in [-0.15, -0.1) is 0 Å². The highest BCUT2D eigenvalue weighted by molar-refractivity contribution is 5.48. The van der Waals surface area contributed by atoms with E-state index >= 15 is 0 Å². The maximum atomic E-state index is 5.67.